The van der Waals surface area contributed by atoms with Crippen LogP contribution in [-0.4, -0.2) is 28.5 Å². The van der Waals surface area contributed by atoms with E-state index in [4.69, 9.17) is 4.42 Å². The molecule has 0 unspecified atom stereocenters. The van der Waals surface area contributed by atoms with Crippen molar-refractivity contribution in [3.05, 3.63) is 70.5 Å². The number of nitrogens with zero attached hydrogens (tertiary/aromatic N) is 2. The second kappa shape index (κ2) is 7.97. The minimum absolute atomic E-state index is 0.143. The molecule has 0 fully saturated rings. The number of nitrogens with one attached hydrogen (secondary N) is 1. The van der Waals surface area contributed by atoms with Gasteiger partial charge in [-0.3, -0.25) is 14.3 Å². The Morgan fingerprint density at radius 2 is 1.92 bits per heavy atom. The molecule has 1 aromatic heterocycles. The average Bonchev–Trinajstić information content (AvgIpc) is 2.96. The van der Waals surface area contributed by atoms with Crippen molar-refractivity contribution < 1.29 is 13.6 Å². The van der Waals surface area contributed by atoms with Gasteiger partial charge in [0.2, 0.25) is 5.91 Å². The molecule has 3 rings (SSSR count). The van der Waals surface area contributed by atoms with E-state index in [1.54, 1.807) is 24.3 Å². The van der Waals surface area contributed by atoms with Crippen molar-refractivity contribution in [3.63, 3.8) is 0 Å². The zero-order valence-corrected chi connectivity index (χ0v) is 14.4. The maximum atomic E-state index is 12.9. The van der Waals surface area contributed by atoms with E-state index >= 15 is 0 Å². The predicted octanol–water partition coefficient (Wildman–Crippen LogP) is 2.33. The average molecular weight is 357 g/mol. The Morgan fingerprint density at radius 3 is 2.65 bits per heavy atom. The molecule has 1 heterocycles. The van der Waals surface area contributed by atoms with Crippen LogP contribution in [0.25, 0.3) is 11.1 Å². The summed E-state index contributed by atoms with van der Waals surface area (Å²) in [6.45, 7) is 3.24. The zero-order chi connectivity index (χ0) is 18.5. The topological polar surface area (TPSA) is 67.5 Å². The van der Waals surface area contributed by atoms with Gasteiger partial charge in [0.1, 0.15) is 5.82 Å². The first-order valence-electron chi connectivity index (χ1n) is 8.38. The van der Waals surface area contributed by atoms with Gasteiger partial charge in [0, 0.05) is 6.54 Å². The molecular formula is C19H20FN3O3. The molecule has 26 heavy (non-hydrogen) atoms. The van der Waals surface area contributed by atoms with E-state index in [0.29, 0.717) is 24.2 Å². The lowest BCUT2D eigenvalue weighted by atomic mass is 10.2. The molecule has 136 valence electrons. The highest BCUT2D eigenvalue weighted by Gasteiger charge is 2.14. The molecule has 2 aromatic carbocycles. The summed E-state index contributed by atoms with van der Waals surface area (Å²) < 4.78 is 19.6. The lowest BCUT2D eigenvalue weighted by Gasteiger charge is -2.20. The van der Waals surface area contributed by atoms with Crippen LogP contribution in [0, 0.1) is 5.82 Å². The van der Waals surface area contributed by atoms with Crippen molar-refractivity contribution in [3.8, 4) is 0 Å². The van der Waals surface area contributed by atoms with Crippen molar-refractivity contribution in [1.29, 1.82) is 0 Å². The van der Waals surface area contributed by atoms with Crippen LogP contribution in [0.5, 0.6) is 0 Å². The third-order valence-electron chi connectivity index (χ3n) is 4.13. The zero-order valence-electron chi connectivity index (χ0n) is 14.4. The highest BCUT2D eigenvalue weighted by molar-refractivity contribution is 5.78. The number of carbonyl (C=O) groups excluding carboxylic acids is 1. The van der Waals surface area contributed by atoms with Gasteiger partial charge in [-0.05, 0) is 36.4 Å². The van der Waals surface area contributed by atoms with Crippen LogP contribution in [0.15, 0.2) is 57.7 Å². The molecule has 7 heteroatoms. The number of amides is 1. The van der Waals surface area contributed by atoms with Crippen LogP contribution in [0.2, 0.25) is 0 Å². The number of hydrogen-bond acceptors (Lipinski definition) is 4. The van der Waals surface area contributed by atoms with E-state index in [-0.39, 0.29) is 24.9 Å². The van der Waals surface area contributed by atoms with Gasteiger partial charge in [0.15, 0.2) is 5.58 Å². The normalized spacial score (nSPS) is 11.2. The number of para-hydroxylation sites is 2. The number of benzene rings is 2. The molecule has 0 aliphatic rings. The van der Waals surface area contributed by atoms with Crippen molar-refractivity contribution in [2.75, 3.05) is 13.1 Å². The molecule has 0 radical (unpaired) electrons. The van der Waals surface area contributed by atoms with Crippen LogP contribution < -0.4 is 11.1 Å². The van der Waals surface area contributed by atoms with Crippen molar-refractivity contribution in [2.24, 2.45) is 0 Å². The van der Waals surface area contributed by atoms with Gasteiger partial charge in [-0.1, -0.05) is 31.2 Å². The monoisotopic (exact) mass is 357 g/mol. The first-order chi connectivity index (χ1) is 12.6. The van der Waals surface area contributed by atoms with Gasteiger partial charge < -0.3 is 9.73 Å². The second-order valence-corrected chi connectivity index (χ2v) is 5.95. The molecule has 6 nitrogen and oxygen atoms in total. The summed E-state index contributed by atoms with van der Waals surface area (Å²) in [4.78, 5) is 26.1. The Labute approximate surface area is 149 Å². The summed E-state index contributed by atoms with van der Waals surface area (Å²) in [5.41, 5.74) is 2.04. The third kappa shape index (κ3) is 4.18. The fraction of sp³-hybridized carbons (Fsp3) is 0.263. The van der Waals surface area contributed by atoms with Crippen molar-refractivity contribution in [1.82, 2.24) is 14.8 Å². The van der Waals surface area contributed by atoms with Gasteiger partial charge in [0.05, 0.1) is 18.7 Å². The fourth-order valence-electron chi connectivity index (χ4n) is 2.67. The summed E-state index contributed by atoms with van der Waals surface area (Å²) in [6.07, 6.45) is 0. The standard InChI is InChI=1S/C19H20FN3O3/c1-2-22(12-18(24)21-11-14-7-9-15(20)10-8-14)13-23-16-5-3-4-6-17(16)26-19(23)25/h3-10H,2,11-13H2,1H3,(H,21,24). The Morgan fingerprint density at radius 1 is 1.19 bits per heavy atom. The molecule has 3 aromatic rings. The maximum absolute atomic E-state index is 12.9. The lowest BCUT2D eigenvalue weighted by molar-refractivity contribution is -0.122. The van der Waals surface area contributed by atoms with Gasteiger partial charge in [-0.25, -0.2) is 9.18 Å². The molecule has 0 saturated heterocycles. The Bertz CT molecular complexity index is 947. The minimum atomic E-state index is -0.448. The molecule has 1 N–H and O–H groups in total. The van der Waals surface area contributed by atoms with E-state index in [1.165, 1.54) is 16.7 Å². The van der Waals surface area contributed by atoms with Crippen molar-refractivity contribution in [2.45, 2.75) is 20.1 Å². The third-order valence-corrected chi connectivity index (χ3v) is 4.13. The molecule has 0 saturated carbocycles. The number of rotatable bonds is 7. The van der Waals surface area contributed by atoms with Crippen LogP contribution in [0.4, 0.5) is 4.39 Å². The van der Waals surface area contributed by atoms with Gasteiger partial charge in [-0.2, -0.15) is 0 Å². The number of halogens is 1. The summed E-state index contributed by atoms with van der Waals surface area (Å²) in [7, 11) is 0. The van der Waals surface area contributed by atoms with Gasteiger partial charge in [-0.15, -0.1) is 0 Å². The highest BCUT2D eigenvalue weighted by atomic mass is 19.1. The Balaban J connectivity index is 1.61. The van der Waals surface area contributed by atoms with Crippen LogP contribution in [0.3, 0.4) is 0 Å². The number of fused-ring (bicyclic) bond motifs is 1. The first kappa shape index (κ1) is 17.9. The van der Waals surface area contributed by atoms with E-state index in [2.05, 4.69) is 5.32 Å². The molecule has 0 atom stereocenters. The molecule has 0 aliphatic carbocycles. The lowest BCUT2D eigenvalue weighted by Crippen LogP contribution is -2.39. The Hall–Kier alpha value is -2.93. The van der Waals surface area contributed by atoms with Gasteiger partial charge >= 0.3 is 5.76 Å². The van der Waals surface area contributed by atoms with E-state index < -0.39 is 5.76 Å². The first-order valence-corrected chi connectivity index (χ1v) is 8.38. The highest BCUT2D eigenvalue weighted by Crippen LogP contribution is 2.12. The molecular weight excluding hydrogens is 337 g/mol. The second-order valence-electron chi connectivity index (χ2n) is 5.95. The molecule has 1 amide bonds. The summed E-state index contributed by atoms with van der Waals surface area (Å²) in [5, 5.41) is 2.80. The predicted molar refractivity (Wildman–Crippen MR) is 96.0 cm³/mol. The van der Waals surface area contributed by atoms with E-state index in [0.717, 1.165) is 5.56 Å². The number of carbonyl (C=O) groups is 1. The molecule has 0 bridgehead atoms. The quantitative estimate of drug-likeness (QED) is 0.705. The smallest absolute Gasteiger partial charge is 0.408 e. The summed E-state index contributed by atoms with van der Waals surface area (Å²) >= 11 is 0. The largest absolute Gasteiger partial charge is 0.421 e. The number of likely N-dealkylation sites (N-methyl/N-ethyl adjacent to an activating group) is 1. The number of aromatic nitrogens is 1. The SMILES string of the molecule is CCN(CC(=O)NCc1ccc(F)cc1)Cn1c(=O)oc2ccccc21. The summed E-state index contributed by atoms with van der Waals surface area (Å²) in [5.74, 6) is -0.927. The van der Waals surface area contributed by atoms with E-state index in [9.17, 15) is 14.0 Å². The van der Waals surface area contributed by atoms with Crippen molar-refractivity contribution >= 4 is 17.0 Å². The summed E-state index contributed by atoms with van der Waals surface area (Å²) in [6, 6.07) is 13.2. The molecule has 0 aliphatic heterocycles. The minimum Gasteiger partial charge on any atom is -0.408 e. The fourth-order valence-corrected chi connectivity index (χ4v) is 2.67. The van der Waals surface area contributed by atoms with E-state index in [1.807, 2.05) is 24.0 Å². The number of oxazole rings is 1. The maximum Gasteiger partial charge on any atom is 0.421 e. The van der Waals surface area contributed by atoms with Crippen LogP contribution in [0.1, 0.15) is 12.5 Å². The Kier molecular flexibility index (Phi) is 5.48. The molecule has 0 spiro atoms. The van der Waals surface area contributed by atoms with Gasteiger partial charge in [0.25, 0.3) is 0 Å². The van der Waals surface area contributed by atoms with Crippen LogP contribution in [-0.2, 0) is 18.0 Å². The van der Waals surface area contributed by atoms with Crippen LogP contribution >= 0.6 is 0 Å². The number of hydrogen-bond donors (Lipinski definition) is 1.